The van der Waals surface area contributed by atoms with Crippen molar-refractivity contribution >= 4 is 37.3 Å². The van der Waals surface area contributed by atoms with Crippen LogP contribution < -0.4 is 0 Å². The van der Waals surface area contributed by atoms with Gasteiger partial charge in [0.2, 0.25) is 0 Å². The van der Waals surface area contributed by atoms with Crippen LogP contribution in [-0.4, -0.2) is 9.91 Å². The van der Waals surface area contributed by atoms with Crippen molar-refractivity contribution in [2.24, 2.45) is 0 Å². The second-order valence-corrected chi connectivity index (χ2v) is 5.96. The molecule has 5 heteroatoms. The Balaban J connectivity index is 2.10. The monoisotopic (exact) mass is 306 g/mol. The first kappa shape index (κ1) is 12.9. The lowest BCUT2D eigenvalue weighted by Crippen LogP contribution is -1.91. The van der Waals surface area contributed by atoms with Crippen LogP contribution in [0.4, 0.5) is 5.69 Å². The first-order chi connectivity index (χ1) is 10.8. The molecule has 0 aliphatic carbocycles. The lowest BCUT2D eigenvalue weighted by atomic mass is 10.0. The summed E-state index contributed by atoms with van der Waals surface area (Å²) in [5.74, 6) is 0. The van der Waals surface area contributed by atoms with Gasteiger partial charge < -0.3 is 0 Å². The predicted octanol–water partition coefficient (Wildman–Crippen LogP) is 5.02. The summed E-state index contributed by atoms with van der Waals surface area (Å²) in [4.78, 5) is 15.4. The van der Waals surface area contributed by atoms with Gasteiger partial charge in [-0.2, -0.15) is 0 Å². The molecule has 0 aliphatic rings. The van der Waals surface area contributed by atoms with E-state index >= 15 is 0 Å². The Bertz CT molecular complexity index is 1020. The van der Waals surface area contributed by atoms with E-state index in [0.717, 1.165) is 25.9 Å². The molecule has 0 N–H and O–H groups in total. The lowest BCUT2D eigenvalue weighted by Gasteiger charge is -2.04. The number of nitro benzene ring substituents is 1. The number of rotatable bonds is 2. The number of hydrogen-bond acceptors (Lipinski definition) is 4. The molecule has 0 spiro atoms. The highest BCUT2D eigenvalue weighted by atomic mass is 32.1. The number of benzene rings is 2. The lowest BCUT2D eigenvalue weighted by molar-refractivity contribution is -0.384. The third-order valence-corrected chi connectivity index (χ3v) is 4.84. The third kappa shape index (κ3) is 1.87. The molecule has 4 aromatic rings. The van der Waals surface area contributed by atoms with Crippen molar-refractivity contribution in [1.82, 2.24) is 4.98 Å². The molecule has 106 valence electrons. The molecular formula is C17H10N2O2S. The molecule has 4 nitrogen and oxygen atoms in total. The Labute approximate surface area is 129 Å². The first-order valence-electron chi connectivity index (χ1n) is 6.76. The fourth-order valence-corrected chi connectivity index (χ4v) is 3.87. The van der Waals surface area contributed by atoms with Crippen LogP contribution in [-0.2, 0) is 0 Å². The van der Waals surface area contributed by atoms with Gasteiger partial charge in [-0.15, -0.1) is 11.3 Å². The molecule has 0 atom stereocenters. The van der Waals surface area contributed by atoms with Crippen LogP contribution in [0, 0.1) is 10.1 Å². The summed E-state index contributed by atoms with van der Waals surface area (Å²) in [6.45, 7) is 0. The minimum atomic E-state index is -0.338. The van der Waals surface area contributed by atoms with E-state index < -0.39 is 0 Å². The summed E-state index contributed by atoms with van der Waals surface area (Å²) in [7, 11) is 0. The normalized spacial score (nSPS) is 11.1. The van der Waals surface area contributed by atoms with Gasteiger partial charge in [-0.25, -0.2) is 0 Å². The third-order valence-electron chi connectivity index (χ3n) is 3.65. The second kappa shape index (κ2) is 4.89. The van der Waals surface area contributed by atoms with Gasteiger partial charge in [0.05, 0.1) is 20.7 Å². The fourth-order valence-electron chi connectivity index (χ4n) is 2.68. The molecule has 0 amide bonds. The Morgan fingerprint density at radius 2 is 1.73 bits per heavy atom. The largest absolute Gasteiger partial charge is 0.277 e. The maximum atomic E-state index is 11.3. The van der Waals surface area contributed by atoms with E-state index in [-0.39, 0.29) is 10.6 Å². The molecule has 0 radical (unpaired) electrons. The molecule has 4 rings (SSSR count). The molecule has 0 saturated heterocycles. The van der Waals surface area contributed by atoms with Crippen molar-refractivity contribution in [1.29, 1.82) is 0 Å². The number of nitro groups is 1. The number of hydrogen-bond donors (Lipinski definition) is 0. The van der Waals surface area contributed by atoms with Crippen LogP contribution in [0.1, 0.15) is 0 Å². The molecule has 22 heavy (non-hydrogen) atoms. The predicted molar refractivity (Wildman–Crippen MR) is 89.2 cm³/mol. The van der Waals surface area contributed by atoms with Gasteiger partial charge in [0.25, 0.3) is 5.69 Å². The average Bonchev–Trinajstić information content (AvgIpc) is 2.93. The van der Waals surface area contributed by atoms with Crippen LogP contribution in [0.25, 0.3) is 31.4 Å². The van der Waals surface area contributed by atoms with Crippen LogP contribution >= 0.6 is 11.3 Å². The minimum absolute atomic E-state index is 0.118. The number of fused-ring (bicyclic) bond motifs is 3. The highest BCUT2D eigenvalue weighted by Gasteiger charge is 2.18. The van der Waals surface area contributed by atoms with Crippen LogP contribution in [0.15, 0.2) is 60.8 Å². The van der Waals surface area contributed by atoms with Gasteiger partial charge in [0.15, 0.2) is 0 Å². The second-order valence-electron chi connectivity index (χ2n) is 4.91. The zero-order valence-electron chi connectivity index (χ0n) is 11.4. The number of para-hydroxylation sites is 1. The van der Waals surface area contributed by atoms with Gasteiger partial charge in [-0.1, -0.05) is 30.3 Å². The topological polar surface area (TPSA) is 56.0 Å². The van der Waals surface area contributed by atoms with Gasteiger partial charge >= 0.3 is 0 Å². The Morgan fingerprint density at radius 3 is 2.59 bits per heavy atom. The van der Waals surface area contributed by atoms with E-state index in [9.17, 15) is 10.1 Å². The van der Waals surface area contributed by atoms with Crippen molar-refractivity contribution in [2.75, 3.05) is 0 Å². The van der Waals surface area contributed by atoms with Crippen LogP contribution in [0.2, 0.25) is 0 Å². The summed E-state index contributed by atoms with van der Waals surface area (Å²) < 4.78 is 2.12. The maximum Gasteiger partial charge on any atom is 0.277 e. The van der Waals surface area contributed by atoms with E-state index in [1.165, 1.54) is 6.07 Å². The molecule has 0 bridgehead atoms. The molecule has 0 saturated carbocycles. The Morgan fingerprint density at radius 1 is 0.955 bits per heavy atom. The Hall–Kier alpha value is -2.79. The van der Waals surface area contributed by atoms with Crippen molar-refractivity contribution < 1.29 is 4.92 Å². The summed E-state index contributed by atoms with van der Waals surface area (Å²) >= 11 is 1.62. The molecular weight excluding hydrogens is 296 g/mol. The molecule has 2 aromatic carbocycles. The summed E-state index contributed by atoms with van der Waals surface area (Å²) in [5, 5.41) is 12.4. The molecule has 0 unspecified atom stereocenters. The molecule has 0 aliphatic heterocycles. The van der Waals surface area contributed by atoms with Crippen LogP contribution in [0.5, 0.6) is 0 Å². The summed E-state index contributed by atoms with van der Waals surface area (Å²) in [6.07, 6.45) is 1.72. The van der Waals surface area contributed by atoms with Crippen LogP contribution in [0.3, 0.4) is 0 Å². The van der Waals surface area contributed by atoms with Crippen molar-refractivity contribution in [3.63, 3.8) is 0 Å². The van der Waals surface area contributed by atoms with E-state index in [0.29, 0.717) is 5.56 Å². The molecule has 2 aromatic heterocycles. The Kier molecular flexibility index (Phi) is 2.87. The number of pyridine rings is 1. The number of aromatic nitrogens is 1. The van der Waals surface area contributed by atoms with Crippen molar-refractivity contribution in [3.05, 3.63) is 70.9 Å². The van der Waals surface area contributed by atoms with Crippen molar-refractivity contribution in [2.45, 2.75) is 0 Å². The van der Waals surface area contributed by atoms with Gasteiger partial charge in [0, 0.05) is 27.9 Å². The zero-order chi connectivity index (χ0) is 15.1. The van der Waals surface area contributed by atoms with E-state index in [1.807, 2.05) is 36.4 Å². The average molecular weight is 306 g/mol. The van der Waals surface area contributed by atoms with Crippen molar-refractivity contribution in [3.8, 4) is 11.1 Å². The summed E-state index contributed by atoms with van der Waals surface area (Å²) in [6, 6.07) is 16.7. The van der Waals surface area contributed by atoms with Gasteiger partial charge in [-0.05, 0) is 18.2 Å². The van der Waals surface area contributed by atoms with E-state index in [1.54, 1.807) is 29.7 Å². The fraction of sp³-hybridized carbons (Fsp3) is 0. The maximum absolute atomic E-state index is 11.3. The highest BCUT2D eigenvalue weighted by molar-refractivity contribution is 7.26. The van der Waals surface area contributed by atoms with Gasteiger partial charge in [-0.3, -0.25) is 15.1 Å². The standard InChI is InChI=1S/C17H10N2O2S/c20-19(21)14-7-3-1-5-11(14)12-9-10-18-16-13-6-2-4-8-15(13)22-17(12)16/h1-10H. The van der Waals surface area contributed by atoms with Gasteiger partial charge in [0.1, 0.15) is 0 Å². The number of thiophene rings is 1. The van der Waals surface area contributed by atoms with E-state index in [2.05, 4.69) is 4.98 Å². The molecule has 2 heterocycles. The quantitative estimate of drug-likeness (QED) is 0.386. The summed E-state index contributed by atoms with van der Waals surface area (Å²) in [5.41, 5.74) is 2.51. The zero-order valence-corrected chi connectivity index (χ0v) is 12.2. The van der Waals surface area contributed by atoms with E-state index in [4.69, 9.17) is 0 Å². The molecule has 0 fully saturated rings. The first-order valence-corrected chi connectivity index (χ1v) is 7.57. The smallest absolute Gasteiger partial charge is 0.258 e. The highest BCUT2D eigenvalue weighted by Crippen LogP contribution is 2.40. The minimum Gasteiger partial charge on any atom is -0.258 e. The SMILES string of the molecule is O=[N+]([O-])c1ccccc1-c1ccnc2c1sc1ccccc12. The number of nitrogens with zero attached hydrogens (tertiary/aromatic N) is 2.